The molecule has 1 N–H and O–H groups in total. The molecule has 1 aromatic heterocycles. The topological polar surface area (TPSA) is 106 Å². The lowest BCUT2D eigenvalue weighted by molar-refractivity contribution is -0.329. The van der Waals surface area contributed by atoms with Gasteiger partial charge in [-0.2, -0.15) is 5.10 Å². The van der Waals surface area contributed by atoms with Crippen molar-refractivity contribution in [3.63, 3.8) is 0 Å². The molecule has 9 heteroatoms. The highest BCUT2D eigenvalue weighted by Gasteiger charge is 2.60. The standard InChI is InChI=1S/C25H30ClN3O5/c1-33-19-4-3-15(8-20(19)34-2)5-6-27-18-13-28-29(22(30)21(18)26)25-11-16-7-17(12-25)10-24(9-16,14-25)23(31)32/h3-4,8,13,16-17,27H,5-7,9-12,14H2,1-2H3,(H,31,32)/p-1/t16-,17+,24?,25?. The molecule has 0 aliphatic heterocycles. The van der Waals surface area contributed by atoms with E-state index in [2.05, 4.69) is 10.4 Å². The average molecular weight is 487 g/mol. The van der Waals surface area contributed by atoms with Crippen LogP contribution in [0.5, 0.6) is 11.5 Å². The summed E-state index contributed by atoms with van der Waals surface area (Å²) < 4.78 is 12.1. The SMILES string of the molecule is COc1ccc(CCNc2cnn(C34C[C@@H]5C[C@@H](CC(C(=O)[O-])(C5)C3)C4)c(=O)c2Cl)cc1OC. The number of rotatable bonds is 8. The van der Waals surface area contributed by atoms with Crippen molar-refractivity contribution >= 4 is 23.3 Å². The Morgan fingerprint density at radius 3 is 2.56 bits per heavy atom. The fraction of sp³-hybridized carbons (Fsp3) is 0.560. The molecule has 4 fully saturated rings. The minimum absolute atomic E-state index is 0.0838. The third-order valence-electron chi connectivity index (χ3n) is 8.01. The first-order chi connectivity index (χ1) is 16.3. The second-order valence-corrected chi connectivity index (χ2v) is 10.6. The number of nitrogens with zero attached hydrogens (tertiary/aromatic N) is 2. The first kappa shape index (κ1) is 23.0. The minimum Gasteiger partial charge on any atom is -0.550 e. The summed E-state index contributed by atoms with van der Waals surface area (Å²) in [7, 11) is 3.19. The largest absolute Gasteiger partial charge is 0.550 e. The lowest BCUT2D eigenvalue weighted by Gasteiger charge is -2.62. The molecule has 34 heavy (non-hydrogen) atoms. The number of aromatic nitrogens is 2. The molecule has 2 unspecified atom stereocenters. The zero-order valence-corrected chi connectivity index (χ0v) is 20.2. The molecule has 4 aliphatic rings. The Morgan fingerprint density at radius 1 is 1.21 bits per heavy atom. The van der Waals surface area contributed by atoms with Gasteiger partial charge in [-0.05, 0) is 74.5 Å². The van der Waals surface area contributed by atoms with E-state index in [0.717, 1.165) is 24.8 Å². The highest BCUT2D eigenvalue weighted by Crippen LogP contribution is 2.63. The number of nitrogens with one attached hydrogen (secondary N) is 1. The van der Waals surface area contributed by atoms with Crippen LogP contribution >= 0.6 is 11.6 Å². The van der Waals surface area contributed by atoms with E-state index in [-0.39, 0.29) is 22.4 Å². The summed E-state index contributed by atoms with van der Waals surface area (Å²) in [6.07, 6.45) is 6.52. The van der Waals surface area contributed by atoms with Gasteiger partial charge in [0.1, 0.15) is 5.02 Å². The lowest BCUT2D eigenvalue weighted by Crippen LogP contribution is -2.63. The Morgan fingerprint density at radius 2 is 1.91 bits per heavy atom. The van der Waals surface area contributed by atoms with Crippen LogP contribution in [0, 0.1) is 17.3 Å². The number of methoxy groups -OCH3 is 2. The van der Waals surface area contributed by atoms with E-state index < -0.39 is 16.9 Å². The van der Waals surface area contributed by atoms with Crippen LogP contribution in [0.4, 0.5) is 5.69 Å². The van der Waals surface area contributed by atoms with Crippen LogP contribution in [0.1, 0.15) is 44.1 Å². The van der Waals surface area contributed by atoms with Crippen molar-refractivity contribution in [1.29, 1.82) is 0 Å². The second kappa shape index (κ2) is 8.48. The summed E-state index contributed by atoms with van der Waals surface area (Å²) in [5.41, 5.74) is -0.295. The fourth-order valence-electron chi connectivity index (χ4n) is 6.97. The Balaban J connectivity index is 1.34. The molecular weight excluding hydrogens is 458 g/mol. The van der Waals surface area contributed by atoms with Crippen molar-refractivity contribution in [1.82, 2.24) is 9.78 Å². The van der Waals surface area contributed by atoms with E-state index in [1.165, 1.54) is 4.68 Å². The van der Waals surface area contributed by atoms with E-state index in [4.69, 9.17) is 21.1 Å². The van der Waals surface area contributed by atoms with Crippen LogP contribution in [-0.4, -0.2) is 36.5 Å². The van der Waals surface area contributed by atoms with Gasteiger partial charge in [0.25, 0.3) is 5.56 Å². The predicted molar refractivity (Wildman–Crippen MR) is 125 cm³/mol. The molecule has 0 spiro atoms. The number of carbonyl (C=O) groups is 1. The number of halogens is 1. The predicted octanol–water partition coefficient (Wildman–Crippen LogP) is 2.61. The average Bonchev–Trinajstić information content (AvgIpc) is 2.80. The monoisotopic (exact) mass is 486 g/mol. The molecule has 2 aromatic rings. The fourth-order valence-corrected chi connectivity index (χ4v) is 7.17. The van der Waals surface area contributed by atoms with Crippen LogP contribution in [0.2, 0.25) is 5.02 Å². The molecule has 4 aliphatic carbocycles. The van der Waals surface area contributed by atoms with Crippen molar-refractivity contribution in [2.45, 2.75) is 50.5 Å². The van der Waals surface area contributed by atoms with E-state index in [9.17, 15) is 14.7 Å². The Labute approximate surface area is 203 Å². The molecule has 0 saturated heterocycles. The summed E-state index contributed by atoms with van der Waals surface area (Å²) in [6.45, 7) is 0.545. The quantitative estimate of drug-likeness (QED) is 0.611. The number of carboxylic acids is 1. The van der Waals surface area contributed by atoms with Gasteiger partial charge >= 0.3 is 0 Å². The van der Waals surface area contributed by atoms with E-state index in [1.807, 2.05) is 18.2 Å². The molecule has 4 bridgehead atoms. The number of aliphatic carboxylic acids is 1. The number of carboxylic acid groups (broad SMARTS) is 1. The Hall–Kier alpha value is -2.74. The number of anilines is 1. The molecule has 0 radical (unpaired) electrons. The smallest absolute Gasteiger partial charge is 0.288 e. The summed E-state index contributed by atoms with van der Waals surface area (Å²) >= 11 is 6.50. The van der Waals surface area contributed by atoms with Crippen molar-refractivity contribution in [3.05, 3.63) is 45.3 Å². The number of benzene rings is 1. The summed E-state index contributed by atoms with van der Waals surface area (Å²) in [6, 6.07) is 5.73. The van der Waals surface area contributed by atoms with Gasteiger partial charge in [-0.1, -0.05) is 17.7 Å². The highest BCUT2D eigenvalue weighted by molar-refractivity contribution is 6.32. The second-order valence-electron chi connectivity index (χ2n) is 10.2. The molecule has 1 aromatic carbocycles. The molecule has 4 atom stereocenters. The molecule has 0 amide bonds. The maximum absolute atomic E-state index is 13.3. The van der Waals surface area contributed by atoms with Gasteiger partial charge in [0, 0.05) is 17.9 Å². The molecular formula is C25H29ClN3O5-. The van der Waals surface area contributed by atoms with Gasteiger partial charge in [0.05, 0.1) is 31.6 Å². The summed E-state index contributed by atoms with van der Waals surface area (Å²) in [5, 5.41) is 19.9. The number of carbonyl (C=O) groups excluding carboxylic acids is 1. The molecule has 4 saturated carbocycles. The van der Waals surface area contributed by atoms with Crippen LogP contribution < -0.4 is 25.5 Å². The van der Waals surface area contributed by atoms with E-state index in [1.54, 1.807) is 20.4 Å². The summed E-state index contributed by atoms with van der Waals surface area (Å²) in [4.78, 5) is 25.4. The third-order valence-corrected chi connectivity index (χ3v) is 8.37. The van der Waals surface area contributed by atoms with Crippen molar-refractivity contribution in [3.8, 4) is 11.5 Å². The van der Waals surface area contributed by atoms with Gasteiger partial charge < -0.3 is 24.7 Å². The number of ether oxygens (including phenoxy) is 2. The summed E-state index contributed by atoms with van der Waals surface area (Å²) in [5.74, 6) is 0.905. The van der Waals surface area contributed by atoms with Crippen LogP contribution in [0.3, 0.4) is 0 Å². The van der Waals surface area contributed by atoms with Crippen molar-refractivity contribution < 1.29 is 19.4 Å². The first-order valence-corrected chi connectivity index (χ1v) is 12.1. The van der Waals surface area contributed by atoms with Crippen LogP contribution in [0.25, 0.3) is 0 Å². The lowest BCUT2D eigenvalue weighted by atomic mass is 9.47. The van der Waals surface area contributed by atoms with Gasteiger partial charge in [0.15, 0.2) is 11.5 Å². The van der Waals surface area contributed by atoms with Crippen LogP contribution in [0.15, 0.2) is 29.2 Å². The molecule has 182 valence electrons. The van der Waals surface area contributed by atoms with Gasteiger partial charge in [-0.3, -0.25) is 4.79 Å². The van der Waals surface area contributed by atoms with Crippen molar-refractivity contribution in [2.24, 2.45) is 17.3 Å². The Bertz CT molecular complexity index is 1170. The zero-order valence-electron chi connectivity index (χ0n) is 19.4. The highest BCUT2D eigenvalue weighted by atomic mass is 35.5. The normalized spacial score (nSPS) is 29.1. The number of hydrogen-bond donors (Lipinski definition) is 1. The molecule has 6 rings (SSSR count). The zero-order chi connectivity index (χ0) is 24.1. The first-order valence-electron chi connectivity index (χ1n) is 11.7. The molecule has 8 nitrogen and oxygen atoms in total. The maximum Gasteiger partial charge on any atom is 0.288 e. The molecule has 1 heterocycles. The van der Waals surface area contributed by atoms with Crippen LogP contribution in [-0.2, 0) is 16.8 Å². The third kappa shape index (κ3) is 3.72. The number of hydrogen-bond acceptors (Lipinski definition) is 7. The van der Waals surface area contributed by atoms with E-state index >= 15 is 0 Å². The van der Waals surface area contributed by atoms with Crippen molar-refractivity contribution in [2.75, 3.05) is 26.1 Å². The van der Waals surface area contributed by atoms with Gasteiger partial charge in [0.2, 0.25) is 0 Å². The van der Waals surface area contributed by atoms with Gasteiger partial charge in [-0.15, -0.1) is 0 Å². The van der Waals surface area contributed by atoms with Gasteiger partial charge in [-0.25, -0.2) is 4.68 Å². The minimum atomic E-state index is -0.987. The maximum atomic E-state index is 13.3. The Kier molecular flexibility index (Phi) is 5.74. The van der Waals surface area contributed by atoms with E-state index in [0.29, 0.717) is 49.4 Å².